The Morgan fingerprint density at radius 1 is 1.42 bits per heavy atom. The number of amides is 1. The molecule has 2 aliphatic rings. The highest BCUT2D eigenvalue weighted by Crippen LogP contribution is 2.31. The lowest BCUT2D eigenvalue weighted by Crippen LogP contribution is -2.48. The highest BCUT2D eigenvalue weighted by molar-refractivity contribution is 5.84. The molecule has 0 aromatic rings. The summed E-state index contributed by atoms with van der Waals surface area (Å²) in [5.41, 5.74) is 0. The molecule has 0 aromatic heterocycles. The second-order valence-corrected chi connectivity index (χ2v) is 6.29. The van der Waals surface area contributed by atoms with Crippen molar-refractivity contribution in [1.82, 2.24) is 10.2 Å². The zero-order chi connectivity index (χ0) is 14.0. The number of rotatable bonds is 5. The van der Waals surface area contributed by atoms with E-state index in [4.69, 9.17) is 4.74 Å². The van der Waals surface area contributed by atoms with Crippen LogP contribution >= 0.6 is 0 Å². The van der Waals surface area contributed by atoms with Crippen LogP contribution in [-0.2, 0) is 9.53 Å². The lowest BCUT2D eigenvalue weighted by atomic mass is 10.0. The molecule has 19 heavy (non-hydrogen) atoms. The van der Waals surface area contributed by atoms with Crippen LogP contribution in [0.25, 0.3) is 0 Å². The van der Waals surface area contributed by atoms with E-state index in [1.807, 2.05) is 0 Å². The number of nitrogens with zero attached hydrogens (tertiary/aromatic N) is 1. The molecule has 2 fully saturated rings. The molecule has 1 N–H and O–H groups in total. The summed E-state index contributed by atoms with van der Waals surface area (Å²) in [4.78, 5) is 14.8. The fraction of sp³-hybridized carbons (Fsp3) is 0.933. The number of methoxy groups -OCH3 is 1. The van der Waals surface area contributed by atoms with Gasteiger partial charge in [0.05, 0.1) is 24.4 Å². The largest absolute Gasteiger partial charge is 0.379 e. The van der Waals surface area contributed by atoms with Gasteiger partial charge in [0.2, 0.25) is 5.91 Å². The standard InChI is InChI=1S/C15H28N2O2/c1-5-14-16-11(9-10(2)3)15(18)17(14)12-7-6-8-13(12)19-4/h10-14,16H,5-9H2,1-4H3. The number of carbonyl (C=O) groups is 1. The highest BCUT2D eigenvalue weighted by atomic mass is 16.5. The molecule has 1 aliphatic carbocycles. The van der Waals surface area contributed by atoms with Gasteiger partial charge in [-0.05, 0) is 38.0 Å². The SMILES string of the molecule is CCC1NC(CC(C)C)C(=O)N1C1CCCC1OC. The van der Waals surface area contributed by atoms with Crippen molar-refractivity contribution >= 4 is 5.91 Å². The van der Waals surface area contributed by atoms with Gasteiger partial charge in [-0.15, -0.1) is 0 Å². The van der Waals surface area contributed by atoms with Crippen LogP contribution in [-0.4, -0.2) is 42.3 Å². The van der Waals surface area contributed by atoms with E-state index in [2.05, 4.69) is 31.0 Å². The number of hydrogen-bond donors (Lipinski definition) is 1. The first-order valence-corrected chi connectivity index (χ1v) is 7.69. The van der Waals surface area contributed by atoms with Crippen molar-refractivity contribution in [1.29, 1.82) is 0 Å². The lowest BCUT2D eigenvalue weighted by molar-refractivity contribution is -0.135. The molecule has 110 valence electrons. The van der Waals surface area contributed by atoms with Crippen LogP contribution in [0.1, 0.15) is 52.9 Å². The predicted octanol–water partition coefficient (Wildman–Crippen LogP) is 2.14. The molecule has 4 atom stereocenters. The summed E-state index contributed by atoms with van der Waals surface area (Å²) in [6.07, 6.45) is 5.63. The maximum atomic E-state index is 12.7. The molecule has 1 amide bonds. The molecule has 4 nitrogen and oxygen atoms in total. The average Bonchev–Trinajstić information content (AvgIpc) is 2.94. The van der Waals surface area contributed by atoms with Crippen molar-refractivity contribution in [3.8, 4) is 0 Å². The minimum atomic E-state index is 0.00283. The summed E-state index contributed by atoms with van der Waals surface area (Å²) in [5, 5.41) is 3.51. The summed E-state index contributed by atoms with van der Waals surface area (Å²) >= 11 is 0. The molecule has 1 aliphatic heterocycles. The summed E-state index contributed by atoms with van der Waals surface area (Å²) in [5.74, 6) is 0.829. The first-order chi connectivity index (χ1) is 9.08. The highest BCUT2D eigenvalue weighted by Gasteiger charge is 2.45. The quantitative estimate of drug-likeness (QED) is 0.830. The Morgan fingerprint density at radius 2 is 2.16 bits per heavy atom. The molecule has 0 spiro atoms. The smallest absolute Gasteiger partial charge is 0.241 e. The second-order valence-electron chi connectivity index (χ2n) is 6.29. The average molecular weight is 268 g/mol. The van der Waals surface area contributed by atoms with E-state index in [0.29, 0.717) is 5.92 Å². The minimum Gasteiger partial charge on any atom is -0.379 e. The van der Waals surface area contributed by atoms with E-state index in [0.717, 1.165) is 32.1 Å². The van der Waals surface area contributed by atoms with E-state index < -0.39 is 0 Å². The minimum absolute atomic E-state index is 0.00283. The molecule has 4 heteroatoms. The number of nitrogens with one attached hydrogen (secondary N) is 1. The third kappa shape index (κ3) is 2.95. The molecule has 1 heterocycles. The Bertz CT molecular complexity index is 319. The zero-order valence-corrected chi connectivity index (χ0v) is 12.7. The maximum absolute atomic E-state index is 12.7. The van der Waals surface area contributed by atoms with Crippen LogP contribution in [0, 0.1) is 5.92 Å². The summed E-state index contributed by atoms with van der Waals surface area (Å²) < 4.78 is 5.57. The fourth-order valence-electron chi connectivity index (χ4n) is 3.57. The molecule has 0 bridgehead atoms. The van der Waals surface area contributed by atoms with Gasteiger partial charge in [-0.3, -0.25) is 10.1 Å². The Morgan fingerprint density at radius 3 is 2.74 bits per heavy atom. The van der Waals surface area contributed by atoms with Crippen molar-refractivity contribution in [3.63, 3.8) is 0 Å². The molecular formula is C15H28N2O2. The molecule has 1 saturated heterocycles. The second kappa shape index (κ2) is 6.23. The first kappa shape index (κ1) is 14.8. The third-order valence-electron chi connectivity index (χ3n) is 4.45. The maximum Gasteiger partial charge on any atom is 0.241 e. The van der Waals surface area contributed by atoms with Gasteiger partial charge < -0.3 is 9.64 Å². The Balaban J connectivity index is 2.11. The molecular weight excluding hydrogens is 240 g/mol. The number of carbonyl (C=O) groups excluding carboxylic acids is 1. The van der Waals surface area contributed by atoms with Gasteiger partial charge in [0, 0.05) is 7.11 Å². The van der Waals surface area contributed by atoms with Gasteiger partial charge in [-0.2, -0.15) is 0 Å². The molecule has 0 aromatic carbocycles. The van der Waals surface area contributed by atoms with E-state index >= 15 is 0 Å². The predicted molar refractivity (Wildman–Crippen MR) is 75.7 cm³/mol. The summed E-state index contributed by atoms with van der Waals surface area (Å²) in [6, 6.07) is 0.273. The van der Waals surface area contributed by atoms with Crippen molar-refractivity contribution in [3.05, 3.63) is 0 Å². The lowest BCUT2D eigenvalue weighted by Gasteiger charge is -2.33. The Labute approximate surface area is 116 Å². The van der Waals surface area contributed by atoms with Crippen molar-refractivity contribution < 1.29 is 9.53 Å². The monoisotopic (exact) mass is 268 g/mol. The van der Waals surface area contributed by atoms with E-state index in [-0.39, 0.29) is 30.3 Å². The summed E-state index contributed by atoms with van der Waals surface area (Å²) in [6.45, 7) is 6.49. The van der Waals surface area contributed by atoms with Crippen molar-refractivity contribution in [2.24, 2.45) is 5.92 Å². The molecule has 1 saturated carbocycles. The number of ether oxygens (including phenoxy) is 1. The van der Waals surface area contributed by atoms with Gasteiger partial charge >= 0.3 is 0 Å². The van der Waals surface area contributed by atoms with Crippen LogP contribution < -0.4 is 5.32 Å². The first-order valence-electron chi connectivity index (χ1n) is 7.69. The van der Waals surface area contributed by atoms with Crippen LogP contribution in [0.15, 0.2) is 0 Å². The van der Waals surface area contributed by atoms with Crippen LogP contribution in [0.3, 0.4) is 0 Å². The van der Waals surface area contributed by atoms with Crippen molar-refractivity contribution in [2.75, 3.05) is 7.11 Å². The van der Waals surface area contributed by atoms with Gasteiger partial charge in [-0.1, -0.05) is 20.8 Å². The van der Waals surface area contributed by atoms with Crippen LogP contribution in [0.4, 0.5) is 0 Å². The van der Waals surface area contributed by atoms with Crippen molar-refractivity contribution in [2.45, 2.75) is 77.2 Å². The van der Waals surface area contributed by atoms with Crippen LogP contribution in [0.5, 0.6) is 0 Å². The summed E-state index contributed by atoms with van der Waals surface area (Å²) in [7, 11) is 1.77. The zero-order valence-electron chi connectivity index (χ0n) is 12.7. The van der Waals surface area contributed by atoms with E-state index in [1.54, 1.807) is 7.11 Å². The fourth-order valence-corrected chi connectivity index (χ4v) is 3.57. The Hall–Kier alpha value is -0.610. The number of hydrogen-bond acceptors (Lipinski definition) is 3. The molecule has 2 rings (SSSR count). The topological polar surface area (TPSA) is 41.6 Å². The molecule has 4 unspecified atom stereocenters. The van der Waals surface area contributed by atoms with Crippen LogP contribution in [0.2, 0.25) is 0 Å². The Kier molecular flexibility index (Phi) is 4.85. The third-order valence-corrected chi connectivity index (χ3v) is 4.45. The van der Waals surface area contributed by atoms with Gasteiger partial charge in [0.15, 0.2) is 0 Å². The normalized spacial score (nSPS) is 35.6. The van der Waals surface area contributed by atoms with E-state index in [1.165, 1.54) is 0 Å². The van der Waals surface area contributed by atoms with E-state index in [9.17, 15) is 4.79 Å². The van der Waals surface area contributed by atoms with Gasteiger partial charge in [-0.25, -0.2) is 0 Å². The van der Waals surface area contributed by atoms with Gasteiger partial charge in [0.1, 0.15) is 0 Å². The van der Waals surface area contributed by atoms with Gasteiger partial charge in [0.25, 0.3) is 0 Å². The molecule has 0 radical (unpaired) electrons.